The molecule has 0 unspecified atom stereocenters. The lowest BCUT2D eigenvalue weighted by Crippen LogP contribution is -2.37. The van der Waals surface area contributed by atoms with Crippen LogP contribution in [-0.4, -0.2) is 41.0 Å². The second-order valence-electron chi connectivity index (χ2n) is 4.00. The lowest BCUT2D eigenvalue weighted by molar-refractivity contribution is 0.0536. The van der Waals surface area contributed by atoms with Gasteiger partial charge in [0, 0.05) is 0 Å². The number of β-amino-alcohol motifs (C(OH)–C–C–N with tert-alkyl or cyclic N) is 1. The van der Waals surface area contributed by atoms with Crippen molar-refractivity contribution in [2.24, 2.45) is 5.73 Å². The van der Waals surface area contributed by atoms with E-state index in [1.807, 2.05) is 0 Å². The SMILES string of the molecule is NCC[C@@H](O)CN1C(=O)c2ccccc2C1=O. The molecule has 1 aromatic rings. The summed E-state index contributed by atoms with van der Waals surface area (Å²) in [5.74, 6) is -0.691. The standard InChI is InChI=1S/C12H14N2O3/c13-6-5-8(15)7-14-11(16)9-3-1-2-4-10(9)12(14)17/h1-4,8,15H,5-7,13H2/t8-/m1/s1. The van der Waals surface area contributed by atoms with E-state index in [1.54, 1.807) is 24.3 Å². The zero-order chi connectivity index (χ0) is 12.4. The van der Waals surface area contributed by atoms with Crippen LogP contribution in [0.4, 0.5) is 0 Å². The van der Waals surface area contributed by atoms with E-state index < -0.39 is 6.10 Å². The smallest absolute Gasteiger partial charge is 0.261 e. The van der Waals surface area contributed by atoms with Crippen molar-refractivity contribution in [1.29, 1.82) is 0 Å². The van der Waals surface area contributed by atoms with Gasteiger partial charge in [-0.25, -0.2) is 0 Å². The Balaban J connectivity index is 2.19. The Bertz CT molecular complexity index is 424. The zero-order valence-corrected chi connectivity index (χ0v) is 9.30. The number of carbonyl (C=O) groups is 2. The van der Waals surface area contributed by atoms with Gasteiger partial charge in [-0.15, -0.1) is 0 Å². The third-order valence-corrected chi connectivity index (χ3v) is 2.77. The van der Waals surface area contributed by atoms with E-state index in [-0.39, 0.29) is 18.4 Å². The lowest BCUT2D eigenvalue weighted by Gasteiger charge is -2.17. The Morgan fingerprint density at radius 2 is 1.71 bits per heavy atom. The van der Waals surface area contributed by atoms with Crippen LogP contribution in [0.1, 0.15) is 27.1 Å². The molecule has 1 aliphatic heterocycles. The minimum Gasteiger partial charge on any atom is -0.391 e. The summed E-state index contributed by atoms with van der Waals surface area (Å²) in [7, 11) is 0. The topological polar surface area (TPSA) is 83.6 Å². The van der Waals surface area contributed by atoms with Crippen molar-refractivity contribution in [3.05, 3.63) is 35.4 Å². The van der Waals surface area contributed by atoms with E-state index in [9.17, 15) is 14.7 Å². The van der Waals surface area contributed by atoms with Crippen LogP contribution in [0.3, 0.4) is 0 Å². The molecule has 90 valence electrons. The molecule has 17 heavy (non-hydrogen) atoms. The normalized spacial score (nSPS) is 16.2. The largest absolute Gasteiger partial charge is 0.391 e. The molecule has 1 atom stereocenters. The summed E-state index contributed by atoms with van der Waals surface area (Å²) in [6.45, 7) is 0.327. The average molecular weight is 234 g/mol. The predicted molar refractivity (Wildman–Crippen MR) is 61.5 cm³/mol. The predicted octanol–water partition coefficient (Wildman–Crippen LogP) is -0.00770. The number of hydrogen-bond acceptors (Lipinski definition) is 4. The Morgan fingerprint density at radius 1 is 1.18 bits per heavy atom. The van der Waals surface area contributed by atoms with Gasteiger partial charge in [0.15, 0.2) is 0 Å². The molecule has 0 spiro atoms. The number of carbonyl (C=O) groups excluding carboxylic acids is 2. The number of aliphatic hydroxyl groups is 1. The molecule has 2 rings (SSSR count). The third kappa shape index (κ3) is 2.07. The number of rotatable bonds is 4. The first-order valence-electron chi connectivity index (χ1n) is 5.48. The third-order valence-electron chi connectivity index (χ3n) is 2.77. The van der Waals surface area contributed by atoms with Crippen molar-refractivity contribution in [1.82, 2.24) is 4.90 Å². The van der Waals surface area contributed by atoms with Gasteiger partial charge in [0.2, 0.25) is 0 Å². The zero-order valence-electron chi connectivity index (χ0n) is 9.30. The maximum absolute atomic E-state index is 11.9. The van der Waals surface area contributed by atoms with Crippen molar-refractivity contribution < 1.29 is 14.7 Å². The first-order chi connectivity index (χ1) is 8.15. The molecule has 0 saturated carbocycles. The number of imide groups is 1. The first-order valence-corrected chi connectivity index (χ1v) is 5.48. The van der Waals surface area contributed by atoms with Gasteiger partial charge >= 0.3 is 0 Å². The van der Waals surface area contributed by atoms with E-state index in [4.69, 9.17) is 5.73 Å². The Kier molecular flexibility index (Phi) is 3.21. The summed E-state index contributed by atoms with van der Waals surface area (Å²) in [5.41, 5.74) is 6.11. The quantitative estimate of drug-likeness (QED) is 0.718. The summed E-state index contributed by atoms with van der Waals surface area (Å²) in [6, 6.07) is 6.66. The second-order valence-corrected chi connectivity index (χ2v) is 4.00. The fourth-order valence-electron chi connectivity index (χ4n) is 1.90. The molecule has 0 saturated heterocycles. The van der Waals surface area contributed by atoms with Crippen molar-refractivity contribution in [3.63, 3.8) is 0 Å². The molecule has 0 aromatic heterocycles. The van der Waals surface area contributed by atoms with Gasteiger partial charge in [-0.05, 0) is 25.1 Å². The van der Waals surface area contributed by atoms with Crippen LogP contribution >= 0.6 is 0 Å². The number of aliphatic hydroxyl groups excluding tert-OH is 1. The van der Waals surface area contributed by atoms with Gasteiger partial charge < -0.3 is 10.8 Å². The van der Waals surface area contributed by atoms with Crippen LogP contribution < -0.4 is 5.73 Å². The highest BCUT2D eigenvalue weighted by Gasteiger charge is 2.35. The fourth-order valence-corrected chi connectivity index (χ4v) is 1.90. The van der Waals surface area contributed by atoms with Crippen molar-refractivity contribution in [2.75, 3.05) is 13.1 Å². The molecule has 0 aliphatic carbocycles. The Labute approximate surface area is 98.8 Å². The molecule has 1 heterocycles. The molecule has 5 heteroatoms. The minimum atomic E-state index is -0.762. The van der Waals surface area contributed by atoms with Crippen molar-refractivity contribution in [2.45, 2.75) is 12.5 Å². The number of nitrogens with zero attached hydrogens (tertiary/aromatic N) is 1. The summed E-state index contributed by atoms with van der Waals surface area (Å²) >= 11 is 0. The van der Waals surface area contributed by atoms with Crippen LogP contribution in [0.15, 0.2) is 24.3 Å². The maximum Gasteiger partial charge on any atom is 0.261 e. The van der Waals surface area contributed by atoms with Crippen LogP contribution in [0.5, 0.6) is 0 Å². The fraction of sp³-hybridized carbons (Fsp3) is 0.333. The monoisotopic (exact) mass is 234 g/mol. The van der Waals surface area contributed by atoms with E-state index in [0.29, 0.717) is 24.1 Å². The molecule has 2 amide bonds. The minimum absolute atomic E-state index is 0.00352. The molecule has 1 aromatic carbocycles. The van der Waals surface area contributed by atoms with E-state index in [0.717, 1.165) is 4.90 Å². The summed E-state index contributed by atoms with van der Waals surface area (Å²) in [6.07, 6.45) is -0.393. The highest BCUT2D eigenvalue weighted by atomic mass is 16.3. The molecule has 5 nitrogen and oxygen atoms in total. The van der Waals surface area contributed by atoms with Gasteiger partial charge in [-0.3, -0.25) is 14.5 Å². The molecule has 0 bridgehead atoms. The highest BCUT2D eigenvalue weighted by Crippen LogP contribution is 2.22. The number of nitrogens with two attached hydrogens (primary N) is 1. The summed E-state index contributed by atoms with van der Waals surface area (Å²) in [5, 5.41) is 9.60. The van der Waals surface area contributed by atoms with Gasteiger partial charge in [-0.2, -0.15) is 0 Å². The molecular weight excluding hydrogens is 220 g/mol. The van der Waals surface area contributed by atoms with Gasteiger partial charge in [0.1, 0.15) is 0 Å². The maximum atomic E-state index is 11.9. The molecule has 0 radical (unpaired) electrons. The summed E-state index contributed by atoms with van der Waals surface area (Å²) in [4.78, 5) is 24.9. The Hall–Kier alpha value is -1.72. The van der Waals surface area contributed by atoms with E-state index in [1.165, 1.54) is 0 Å². The molecule has 0 fully saturated rings. The second kappa shape index (κ2) is 4.65. The van der Waals surface area contributed by atoms with E-state index in [2.05, 4.69) is 0 Å². The molecule has 1 aliphatic rings. The van der Waals surface area contributed by atoms with Crippen LogP contribution in [-0.2, 0) is 0 Å². The van der Waals surface area contributed by atoms with Crippen molar-refractivity contribution >= 4 is 11.8 Å². The molecule has 3 N–H and O–H groups in total. The number of fused-ring (bicyclic) bond motifs is 1. The highest BCUT2D eigenvalue weighted by molar-refractivity contribution is 6.21. The number of benzene rings is 1. The van der Waals surface area contributed by atoms with Gasteiger partial charge in [-0.1, -0.05) is 12.1 Å². The summed E-state index contributed by atoms with van der Waals surface area (Å²) < 4.78 is 0. The molecular formula is C12H14N2O3. The van der Waals surface area contributed by atoms with Gasteiger partial charge in [0.25, 0.3) is 11.8 Å². The van der Waals surface area contributed by atoms with Crippen LogP contribution in [0, 0.1) is 0 Å². The van der Waals surface area contributed by atoms with Crippen LogP contribution in [0.25, 0.3) is 0 Å². The van der Waals surface area contributed by atoms with Gasteiger partial charge in [0.05, 0.1) is 23.8 Å². The Morgan fingerprint density at radius 3 is 2.18 bits per heavy atom. The first kappa shape index (κ1) is 11.8. The number of hydrogen-bond donors (Lipinski definition) is 2. The van der Waals surface area contributed by atoms with Crippen molar-refractivity contribution in [3.8, 4) is 0 Å². The lowest BCUT2D eigenvalue weighted by atomic mass is 10.1. The average Bonchev–Trinajstić information content (AvgIpc) is 2.56. The van der Waals surface area contributed by atoms with E-state index >= 15 is 0 Å². The number of amides is 2. The van der Waals surface area contributed by atoms with Crippen LogP contribution in [0.2, 0.25) is 0 Å².